The molecule has 3 atom stereocenters. The van der Waals surface area contributed by atoms with Crippen LogP contribution in [0.5, 0.6) is 0 Å². The van der Waals surface area contributed by atoms with E-state index in [0.717, 1.165) is 44.0 Å². The average molecular weight is 487 g/mol. The molecule has 2 bridgehead atoms. The highest BCUT2D eigenvalue weighted by molar-refractivity contribution is 5.86. The summed E-state index contributed by atoms with van der Waals surface area (Å²) in [6.07, 6.45) is 5.11. The van der Waals surface area contributed by atoms with Crippen LogP contribution in [0, 0.1) is 41.0 Å². The van der Waals surface area contributed by atoms with Gasteiger partial charge in [-0.1, -0.05) is 6.42 Å². The normalized spacial score (nSPS) is 22.9. The van der Waals surface area contributed by atoms with Crippen LogP contribution in [0.1, 0.15) is 62.2 Å². The lowest BCUT2D eigenvalue weighted by molar-refractivity contribution is -0.124. The Morgan fingerprint density at radius 2 is 1.91 bits per heavy atom. The summed E-state index contributed by atoms with van der Waals surface area (Å²) in [7, 11) is 0. The maximum Gasteiger partial charge on any atom is 0.255 e. The number of amides is 1. The Bertz CT molecular complexity index is 1350. The highest BCUT2D eigenvalue weighted by atomic mass is 19.1. The Labute approximate surface area is 199 Å². The van der Waals surface area contributed by atoms with E-state index in [1.54, 1.807) is 0 Å². The molecule has 3 fully saturated rings. The van der Waals surface area contributed by atoms with Crippen molar-refractivity contribution >= 4 is 16.8 Å². The molecule has 35 heavy (non-hydrogen) atoms. The predicted octanol–water partition coefficient (Wildman–Crippen LogP) is 5.27. The number of rotatable bonds is 6. The monoisotopic (exact) mass is 487 g/mol. The molecular formula is C26H25F4N3O2. The predicted molar refractivity (Wildman–Crippen MR) is 121 cm³/mol. The van der Waals surface area contributed by atoms with E-state index in [0.29, 0.717) is 17.9 Å². The summed E-state index contributed by atoms with van der Waals surface area (Å²) >= 11 is 0. The van der Waals surface area contributed by atoms with Gasteiger partial charge in [-0.05, 0) is 68.6 Å². The fourth-order valence-corrected chi connectivity index (χ4v) is 5.74. The lowest BCUT2D eigenvalue weighted by Gasteiger charge is -2.47. The molecule has 1 unspecified atom stereocenters. The van der Waals surface area contributed by atoms with Crippen molar-refractivity contribution in [2.75, 3.05) is 0 Å². The van der Waals surface area contributed by atoms with Crippen LogP contribution in [0.4, 0.5) is 17.6 Å². The molecular weight excluding hydrogens is 462 g/mol. The van der Waals surface area contributed by atoms with Gasteiger partial charge in [0.15, 0.2) is 0 Å². The highest BCUT2D eigenvalue weighted by Crippen LogP contribution is 2.51. The SMILES string of the molecule is C[C@H](NC(=O)[C@H](CC1CCC2CC1C2)c1c(F)c2cc(F)ccc2[nH]c1=O)c1ncc(F)cc1F. The van der Waals surface area contributed by atoms with Crippen molar-refractivity contribution in [3.05, 3.63) is 75.3 Å². The number of nitrogens with one attached hydrogen (secondary N) is 2. The second kappa shape index (κ2) is 9.09. The summed E-state index contributed by atoms with van der Waals surface area (Å²) in [5, 5.41) is 2.51. The van der Waals surface area contributed by atoms with Gasteiger partial charge in [0.2, 0.25) is 5.91 Å². The van der Waals surface area contributed by atoms with Crippen LogP contribution in [-0.4, -0.2) is 15.9 Å². The van der Waals surface area contributed by atoms with E-state index in [9.17, 15) is 22.8 Å². The molecule has 0 spiro atoms. The Balaban J connectivity index is 1.52. The molecule has 0 radical (unpaired) electrons. The molecule has 2 N–H and O–H groups in total. The van der Waals surface area contributed by atoms with Crippen molar-refractivity contribution in [3.8, 4) is 0 Å². The molecule has 6 rings (SSSR count). The third-order valence-corrected chi connectivity index (χ3v) is 7.64. The summed E-state index contributed by atoms with van der Waals surface area (Å²) in [4.78, 5) is 32.8. The van der Waals surface area contributed by atoms with Gasteiger partial charge in [-0.3, -0.25) is 14.6 Å². The zero-order valence-electron chi connectivity index (χ0n) is 19.1. The minimum atomic E-state index is -1.17. The van der Waals surface area contributed by atoms with Crippen LogP contribution in [0.2, 0.25) is 0 Å². The summed E-state index contributed by atoms with van der Waals surface area (Å²) in [5.41, 5.74) is -1.17. The average Bonchev–Trinajstić information content (AvgIpc) is 2.78. The van der Waals surface area contributed by atoms with E-state index in [2.05, 4.69) is 15.3 Å². The molecule has 184 valence electrons. The standard InChI is InChI=1S/C26H25F4N3O2/c1-12(24-20(29)10-17(28)11-31-24)32-25(34)19(8-14-3-2-13-6-15(14)7-13)22-23(30)18-9-16(27)4-5-21(18)33-26(22)35/h4-5,9-15,19H,2-3,6-8H2,1H3,(H,32,34)(H,33,35)/t12-,13?,14?,15?,19+/m0/s1. The first-order chi connectivity index (χ1) is 16.7. The minimum Gasteiger partial charge on any atom is -0.347 e. The third-order valence-electron chi connectivity index (χ3n) is 7.64. The summed E-state index contributed by atoms with van der Waals surface area (Å²) in [6.45, 7) is 1.48. The molecule has 3 aliphatic carbocycles. The lowest BCUT2D eigenvalue weighted by atomic mass is 9.58. The van der Waals surface area contributed by atoms with Gasteiger partial charge in [0.25, 0.3) is 5.56 Å². The number of fused-ring (bicyclic) bond motifs is 3. The summed E-state index contributed by atoms with van der Waals surface area (Å²) in [6, 6.07) is 3.08. The van der Waals surface area contributed by atoms with Gasteiger partial charge in [-0.2, -0.15) is 0 Å². The number of halogens is 4. The van der Waals surface area contributed by atoms with E-state index in [-0.39, 0.29) is 34.5 Å². The first kappa shape index (κ1) is 23.5. The van der Waals surface area contributed by atoms with Crippen molar-refractivity contribution in [1.29, 1.82) is 0 Å². The van der Waals surface area contributed by atoms with E-state index in [1.807, 2.05) is 0 Å². The van der Waals surface area contributed by atoms with Crippen LogP contribution in [0.3, 0.4) is 0 Å². The maximum atomic E-state index is 15.7. The van der Waals surface area contributed by atoms with Crippen molar-refractivity contribution in [1.82, 2.24) is 15.3 Å². The van der Waals surface area contributed by atoms with Crippen molar-refractivity contribution in [2.24, 2.45) is 17.8 Å². The van der Waals surface area contributed by atoms with Gasteiger partial charge in [-0.25, -0.2) is 17.6 Å². The number of hydrogen-bond acceptors (Lipinski definition) is 3. The van der Waals surface area contributed by atoms with Gasteiger partial charge in [0.05, 0.1) is 34.9 Å². The van der Waals surface area contributed by atoms with Gasteiger partial charge in [0, 0.05) is 11.5 Å². The van der Waals surface area contributed by atoms with E-state index in [4.69, 9.17) is 0 Å². The summed E-state index contributed by atoms with van der Waals surface area (Å²) < 4.78 is 57.0. The molecule has 2 heterocycles. The van der Waals surface area contributed by atoms with Crippen LogP contribution < -0.4 is 10.9 Å². The minimum absolute atomic E-state index is 0.121. The van der Waals surface area contributed by atoms with Crippen LogP contribution >= 0.6 is 0 Å². The molecule has 3 aliphatic rings. The van der Waals surface area contributed by atoms with Crippen molar-refractivity contribution in [3.63, 3.8) is 0 Å². The molecule has 0 aliphatic heterocycles. The number of aromatic nitrogens is 2. The number of H-pyrrole nitrogens is 1. The van der Waals surface area contributed by atoms with Gasteiger partial charge >= 0.3 is 0 Å². The molecule has 3 aromatic rings. The molecule has 9 heteroatoms. The second-order valence-electron chi connectivity index (χ2n) is 9.85. The maximum absolute atomic E-state index is 15.7. The van der Waals surface area contributed by atoms with Crippen LogP contribution in [0.15, 0.2) is 35.3 Å². The van der Waals surface area contributed by atoms with Crippen molar-refractivity contribution < 1.29 is 22.4 Å². The molecule has 1 aromatic carbocycles. The zero-order chi connectivity index (χ0) is 24.9. The number of hydrogen-bond donors (Lipinski definition) is 2. The number of pyridine rings is 2. The van der Waals surface area contributed by atoms with Crippen LogP contribution in [-0.2, 0) is 4.79 Å². The molecule has 5 nitrogen and oxygen atoms in total. The van der Waals surface area contributed by atoms with E-state index >= 15 is 4.39 Å². The van der Waals surface area contributed by atoms with Gasteiger partial charge < -0.3 is 10.3 Å². The number of benzene rings is 1. The Hall–Kier alpha value is -3.23. The number of aromatic amines is 1. The lowest BCUT2D eigenvalue weighted by Crippen LogP contribution is -2.41. The van der Waals surface area contributed by atoms with Crippen LogP contribution in [0.25, 0.3) is 10.9 Å². The first-order valence-corrected chi connectivity index (χ1v) is 11.8. The Morgan fingerprint density at radius 1 is 1.14 bits per heavy atom. The fourth-order valence-electron chi connectivity index (χ4n) is 5.74. The summed E-state index contributed by atoms with van der Waals surface area (Å²) in [5.74, 6) is -3.97. The van der Waals surface area contributed by atoms with E-state index < -0.39 is 46.7 Å². The highest BCUT2D eigenvalue weighted by Gasteiger charge is 2.42. The second-order valence-corrected chi connectivity index (χ2v) is 9.85. The van der Waals surface area contributed by atoms with Gasteiger partial charge in [0.1, 0.15) is 23.3 Å². The molecule has 3 saturated carbocycles. The third kappa shape index (κ3) is 4.44. The molecule has 0 saturated heterocycles. The quantitative estimate of drug-likeness (QED) is 0.466. The number of carbonyl (C=O) groups is 1. The smallest absolute Gasteiger partial charge is 0.255 e. The Kier molecular flexibility index (Phi) is 6.11. The van der Waals surface area contributed by atoms with Gasteiger partial charge in [-0.15, -0.1) is 0 Å². The van der Waals surface area contributed by atoms with Crippen molar-refractivity contribution in [2.45, 2.75) is 51.0 Å². The van der Waals surface area contributed by atoms with E-state index in [1.165, 1.54) is 13.0 Å². The largest absolute Gasteiger partial charge is 0.347 e. The fraction of sp³-hybridized carbons (Fsp3) is 0.423. The number of carbonyl (C=O) groups excluding carboxylic acids is 1. The molecule has 1 amide bonds. The molecule has 2 aromatic heterocycles. The zero-order valence-corrected chi connectivity index (χ0v) is 19.1. The topological polar surface area (TPSA) is 74.8 Å². The Morgan fingerprint density at radius 3 is 2.60 bits per heavy atom. The number of nitrogens with zero attached hydrogens (tertiary/aromatic N) is 1. The first-order valence-electron chi connectivity index (χ1n) is 11.8.